The summed E-state index contributed by atoms with van der Waals surface area (Å²) >= 11 is 11.9. The average molecular weight is 305 g/mol. The quantitative estimate of drug-likeness (QED) is 0.920. The highest BCUT2D eigenvalue weighted by Gasteiger charge is 2.25. The number of morpholine rings is 1. The topological polar surface area (TPSA) is 22.9 Å². The molecule has 106 valence electrons. The summed E-state index contributed by atoms with van der Waals surface area (Å²) in [6.45, 7) is 7.90. The van der Waals surface area contributed by atoms with Crippen molar-refractivity contribution in [2.24, 2.45) is 0 Å². The van der Waals surface area contributed by atoms with Crippen LogP contribution in [0, 0.1) is 0 Å². The summed E-state index contributed by atoms with van der Waals surface area (Å²) in [5.74, 6) is 0.694. The molecule has 1 aromatic carbocycles. The number of hydrogen-bond donors (Lipinski definition) is 1. The lowest BCUT2D eigenvalue weighted by Crippen LogP contribution is -3.16. The van der Waals surface area contributed by atoms with Gasteiger partial charge in [-0.1, -0.05) is 23.2 Å². The Bertz CT molecular complexity index is 418. The summed E-state index contributed by atoms with van der Waals surface area (Å²) in [5, 5.41) is 1.19. The molecule has 0 bridgehead atoms. The van der Waals surface area contributed by atoms with Crippen molar-refractivity contribution in [2.45, 2.75) is 26.1 Å². The standard InChI is InChI=1S/C14H19Cl2NO2/c1-10-8-17(9-11(2)19-10)5-6-18-14-4-3-12(15)7-13(14)16/h3-4,7,10-11H,5-6,8-9H2,1-2H3/p+1/t10-,11-/m0/s1. The molecule has 1 saturated heterocycles. The van der Waals surface area contributed by atoms with Crippen molar-refractivity contribution in [1.82, 2.24) is 0 Å². The van der Waals surface area contributed by atoms with E-state index in [-0.39, 0.29) is 0 Å². The molecular formula is C14H20Cl2NO2+. The fourth-order valence-electron chi connectivity index (χ4n) is 2.49. The molecule has 5 heteroatoms. The maximum Gasteiger partial charge on any atom is 0.138 e. The zero-order valence-electron chi connectivity index (χ0n) is 11.3. The normalized spacial score (nSPS) is 27.3. The highest BCUT2D eigenvalue weighted by Crippen LogP contribution is 2.27. The Hall–Kier alpha value is -0.480. The molecular weight excluding hydrogens is 285 g/mol. The molecule has 1 aliphatic rings. The minimum Gasteiger partial charge on any atom is -0.486 e. The van der Waals surface area contributed by atoms with Gasteiger partial charge in [0.1, 0.15) is 44.2 Å². The zero-order chi connectivity index (χ0) is 13.8. The van der Waals surface area contributed by atoms with Crippen LogP contribution in [0.3, 0.4) is 0 Å². The largest absolute Gasteiger partial charge is 0.486 e. The second-order valence-corrected chi connectivity index (χ2v) is 5.93. The van der Waals surface area contributed by atoms with Gasteiger partial charge in [0, 0.05) is 5.02 Å². The van der Waals surface area contributed by atoms with Crippen molar-refractivity contribution in [3.63, 3.8) is 0 Å². The van der Waals surface area contributed by atoms with Gasteiger partial charge >= 0.3 is 0 Å². The molecule has 0 amide bonds. The molecule has 0 aliphatic carbocycles. The third kappa shape index (κ3) is 4.53. The smallest absolute Gasteiger partial charge is 0.138 e. The molecule has 0 saturated carbocycles. The van der Waals surface area contributed by atoms with Gasteiger partial charge < -0.3 is 14.4 Å². The van der Waals surface area contributed by atoms with Gasteiger partial charge in [-0.05, 0) is 32.0 Å². The van der Waals surface area contributed by atoms with Crippen LogP contribution in [0.1, 0.15) is 13.8 Å². The van der Waals surface area contributed by atoms with Crippen LogP contribution < -0.4 is 9.64 Å². The summed E-state index contributed by atoms with van der Waals surface area (Å²) < 4.78 is 11.4. The maximum atomic E-state index is 6.06. The molecule has 1 N–H and O–H groups in total. The van der Waals surface area contributed by atoms with Gasteiger partial charge in [-0.15, -0.1) is 0 Å². The van der Waals surface area contributed by atoms with Crippen LogP contribution in [-0.4, -0.2) is 38.4 Å². The van der Waals surface area contributed by atoms with E-state index in [1.54, 1.807) is 12.1 Å². The van der Waals surface area contributed by atoms with E-state index in [1.807, 2.05) is 6.07 Å². The van der Waals surface area contributed by atoms with E-state index in [4.69, 9.17) is 32.7 Å². The minimum absolute atomic E-state index is 0.317. The number of benzene rings is 1. The van der Waals surface area contributed by atoms with E-state index in [1.165, 1.54) is 4.90 Å². The van der Waals surface area contributed by atoms with Crippen molar-refractivity contribution in [3.8, 4) is 5.75 Å². The molecule has 2 atom stereocenters. The van der Waals surface area contributed by atoms with E-state index in [2.05, 4.69) is 13.8 Å². The van der Waals surface area contributed by atoms with Crippen molar-refractivity contribution >= 4 is 23.2 Å². The number of quaternary nitrogens is 1. The van der Waals surface area contributed by atoms with Crippen LogP contribution >= 0.6 is 23.2 Å². The lowest BCUT2D eigenvalue weighted by molar-refractivity contribution is -0.915. The van der Waals surface area contributed by atoms with Crippen LogP contribution in [0.4, 0.5) is 0 Å². The number of rotatable bonds is 4. The molecule has 1 aromatic rings. The summed E-state index contributed by atoms with van der Waals surface area (Å²) in [5.41, 5.74) is 0. The van der Waals surface area contributed by atoms with E-state index in [0.29, 0.717) is 34.6 Å². The van der Waals surface area contributed by atoms with E-state index < -0.39 is 0 Å². The van der Waals surface area contributed by atoms with E-state index >= 15 is 0 Å². The fourth-order valence-corrected chi connectivity index (χ4v) is 2.95. The van der Waals surface area contributed by atoms with Crippen LogP contribution in [0.2, 0.25) is 10.0 Å². The molecule has 0 spiro atoms. The van der Waals surface area contributed by atoms with Crippen molar-refractivity contribution < 1.29 is 14.4 Å². The van der Waals surface area contributed by atoms with Crippen molar-refractivity contribution in [3.05, 3.63) is 28.2 Å². The Morgan fingerprint density at radius 2 is 1.95 bits per heavy atom. The van der Waals surface area contributed by atoms with Crippen LogP contribution in [-0.2, 0) is 4.74 Å². The molecule has 19 heavy (non-hydrogen) atoms. The molecule has 1 fully saturated rings. The predicted molar refractivity (Wildman–Crippen MR) is 77.5 cm³/mol. The predicted octanol–water partition coefficient (Wildman–Crippen LogP) is 2.06. The Labute approximate surface area is 124 Å². The van der Waals surface area contributed by atoms with Crippen LogP contribution in [0.15, 0.2) is 18.2 Å². The second kappa shape index (κ2) is 6.80. The lowest BCUT2D eigenvalue weighted by Gasteiger charge is -2.32. The van der Waals surface area contributed by atoms with Crippen molar-refractivity contribution in [2.75, 3.05) is 26.2 Å². The third-order valence-electron chi connectivity index (χ3n) is 3.22. The Morgan fingerprint density at radius 1 is 1.26 bits per heavy atom. The van der Waals surface area contributed by atoms with E-state index in [0.717, 1.165) is 19.6 Å². The minimum atomic E-state index is 0.317. The molecule has 0 aromatic heterocycles. The van der Waals surface area contributed by atoms with Gasteiger partial charge in [0.15, 0.2) is 0 Å². The first-order valence-electron chi connectivity index (χ1n) is 6.61. The van der Waals surface area contributed by atoms with Gasteiger partial charge in [0.05, 0.1) is 5.02 Å². The first-order valence-corrected chi connectivity index (χ1v) is 7.37. The number of hydrogen-bond acceptors (Lipinski definition) is 2. The monoisotopic (exact) mass is 304 g/mol. The molecule has 1 aliphatic heterocycles. The van der Waals surface area contributed by atoms with Crippen molar-refractivity contribution in [1.29, 1.82) is 0 Å². The molecule has 0 radical (unpaired) electrons. The summed E-state index contributed by atoms with van der Waals surface area (Å²) in [7, 11) is 0. The Balaban J connectivity index is 1.80. The van der Waals surface area contributed by atoms with Crippen LogP contribution in [0.25, 0.3) is 0 Å². The lowest BCUT2D eigenvalue weighted by atomic mass is 10.2. The van der Waals surface area contributed by atoms with Crippen LogP contribution in [0.5, 0.6) is 5.75 Å². The summed E-state index contributed by atoms with van der Waals surface area (Å²) in [6, 6.07) is 5.29. The molecule has 3 nitrogen and oxygen atoms in total. The maximum absolute atomic E-state index is 6.06. The Morgan fingerprint density at radius 3 is 2.58 bits per heavy atom. The van der Waals surface area contributed by atoms with Gasteiger partial charge in [-0.2, -0.15) is 0 Å². The van der Waals surface area contributed by atoms with Gasteiger partial charge in [-0.3, -0.25) is 0 Å². The highest BCUT2D eigenvalue weighted by atomic mass is 35.5. The molecule has 0 unspecified atom stereocenters. The van der Waals surface area contributed by atoms with Gasteiger partial charge in [-0.25, -0.2) is 0 Å². The van der Waals surface area contributed by atoms with Gasteiger partial charge in [0.2, 0.25) is 0 Å². The highest BCUT2D eigenvalue weighted by molar-refractivity contribution is 6.35. The zero-order valence-corrected chi connectivity index (χ0v) is 12.8. The molecule has 1 heterocycles. The molecule has 2 rings (SSSR count). The summed E-state index contributed by atoms with van der Waals surface area (Å²) in [6.07, 6.45) is 0.635. The van der Waals surface area contributed by atoms with E-state index in [9.17, 15) is 0 Å². The third-order valence-corrected chi connectivity index (χ3v) is 3.75. The Kier molecular flexibility index (Phi) is 5.34. The first kappa shape index (κ1) is 14.9. The average Bonchev–Trinajstić information content (AvgIpc) is 2.30. The number of ether oxygens (including phenoxy) is 2. The van der Waals surface area contributed by atoms with Gasteiger partial charge in [0.25, 0.3) is 0 Å². The second-order valence-electron chi connectivity index (χ2n) is 5.09. The number of nitrogens with one attached hydrogen (secondary N) is 1. The SMILES string of the molecule is C[C@H]1C[NH+](CCOc2ccc(Cl)cc2Cl)C[C@H](C)O1. The first-order chi connectivity index (χ1) is 9.04. The number of halogens is 2. The summed E-state index contributed by atoms with van der Waals surface area (Å²) in [4.78, 5) is 1.51. The fraction of sp³-hybridized carbons (Fsp3) is 0.571.